The van der Waals surface area contributed by atoms with Gasteiger partial charge in [-0.15, -0.1) is 0 Å². The van der Waals surface area contributed by atoms with Gasteiger partial charge in [-0.3, -0.25) is 9.59 Å². The van der Waals surface area contributed by atoms with Gasteiger partial charge in [-0.05, 0) is 134 Å². The molecule has 6 atom stereocenters. The van der Waals surface area contributed by atoms with Crippen LogP contribution in [-0.4, -0.2) is 35.5 Å². The largest absolute Gasteiger partial charge is 0.374 e. The van der Waals surface area contributed by atoms with E-state index in [-0.39, 0.29) is 41.5 Å². The summed E-state index contributed by atoms with van der Waals surface area (Å²) in [7, 11) is 0. The lowest BCUT2D eigenvalue weighted by atomic mass is 9.64. The lowest BCUT2D eigenvalue weighted by molar-refractivity contribution is -0.133. The molecule has 5 fully saturated rings. The Kier molecular flexibility index (Phi) is 8.53. The summed E-state index contributed by atoms with van der Waals surface area (Å²) in [5.41, 5.74) is 0.255. The number of ketones is 2. The average Bonchev–Trinajstić information content (AvgIpc) is 3.24. The second-order valence-corrected chi connectivity index (χ2v) is 16.0. The number of ether oxygens (including phenoxy) is 2. The molecule has 0 bridgehead atoms. The van der Waals surface area contributed by atoms with Crippen LogP contribution < -0.4 is 0 Å². The van der Waals surface area contributed by atoms with Crippen LogP contribution >= 0.6 is 0 Å². The Morgan fingerprint density at radius 1 is 0.579 bits per heavy atom. The highest BCUT2D eigenvalue weighted by molar-refractivity contribution is 5.84. The normalized spacial score (nSPS) is 42.3. The second kappa shape index (κ2) is 11.3. The van der Waals surface area contributed by atoms with E-state index >= 15 is 0 Å². The van der Waals surface area contributed by atoms with E-state index in [1.54, 1.807) is 0 Å². The molecule has 5 aliphatic rings. The highest BCUT2D eigenvalue weighted by Crippen LogP contribution is 2.51. The molecule has 0 radical (unpaired) electrons. The summed E-state index contributed by atoms with van der Waals surface area (Å²) < 4.78 is 12.9. The van der Waals surface area contributed by atoms with E-state index in [2.05, 4.69) is 41.5 Å². The fourth-order valence-corrected chi connectivity index (χ4v) is 9.21. The lowest BCUT2D eigenvalue weighted by Crippen LogP contribution is -2.38. The summed E-state index contributed by atoms with van der Waals surface area (Å²) in [6, 6.07) is 0. The summed E-state index contributed by atoms with van der Waals surface area (Å²) in [5, 5.41) is 0. The van der Waals surface area contributed by atoms with Gasteiger partial charge in [0.25, 0.3) is 0 Å². The van der Waals surface area contributed by atoms with Gasteiger partial charge in [0.1, 0.15) is 11.6 Å². The quantitative estimate of drug-likeness (QED) is 0.363. The van der Waals surface area contributed by atoms with Crippen LogP contribution in [0.5, 0.6) is 0 Å². The standard InChI is InChI=1S/C34H56O4/c1-33(2,3)25-13-7-21(8-14-25)31(35)23-11-17-27-28-18-12-24(20-30(28)37-29(27)19-23)32(36)22-9-15-26(16-10-22)38-34(4,5)6/h21-30H,7-20H2,1-6H3. The molecule has 1 saturated heterocycles. The Labute approximate surface area is 232 Å². The van der Waals surface area contributed by atoms with E-state index in [1.165, 1.54) is 12.8 Å². The van der Waals surface area contributed by atoms with E-state index in [9.17, 15) is 9.59 Å². The molecule has 4 saturated carbocycles. The average molecular weight is 529 g/mol. The summed E-state index contributed by atoms with van der Waals surface area (Å²) in [6.45, 7) is 13.4. The smallest absolute Gasteiger partial charge is 0.139 e. The molecule has 4 heteroatoms. The first-order valence-electron chi connectivity index (χ1n) is 16.3. The number of rotatable bonds is 5. The van der Waals surface area contributed by atoms with Gasteiger partial charge in [-0.25, -0.2) is 0 Å². The number of hydrogen-bond acceptors (Lipinski definition) is 4. The minimum Gasteiger partial charge on any atom is -0.374 e. The first-order chi connectivity index (χ1) is 17.9. The zero-order chi connectivity index (χ0) is 27.2. The molecule has 0 aromatic rings. The number of fused-ring (bicyclic) bond motifs is 3. The summed E-state index contributed by atoms with van der Waals surface area (Å²) in [5.74, 6) is 3.92. The molecule has 4 nitrogen and oxygen atoms in total. The Morgan fingerprint density at radius 2 is 1.00 bits per heavy atom. The molecule has 1 heterocycles. The van der Waals surface area contributed by atoms with Gasteiger partial charge in [0.05, 0.1) is 23.9 Å². The van der Waals surface area contributed by atoms with E-state index in [1.807, 2.05) is 0 Å². The van der Waals surface area contributed by atoms with Crippen molar-refractivity contribution < 1.29 is 19.1 Å². The zero-order valence-corrected chi connectivity index (χ0v) is 25.3. The molecule has 0 amide bonds. The van der Waals surface area contributed by atoms with Crippen molar-refractivity contribution in [3.63, 3.8) is 0 Å². The highest BCUT2D eigenvalue weighted by atomic mass is 16.5. The highest BCUT2D eigenvalue weighted by Gasteiger charge is 2.51. The van der Waals surface area contributed by atoms with E-state index in [0.29, 0.717) is 34.9 Å². The van der Waals surface area contributed by atoms with Crippen molar-refractivity contribution in [2.75, 3.05) is 0 Å². The molecule has 38 heavy (non-hydrogen) atoms. The topological polar surface area (TPSA) is 52.6 Å². The Hall–Kier alpha value is -0.740. The Balaban J connectivity index is 1.10. The fourth-order valence-electron chi connectivity index (χ4n) is 9.21. The van der Waals surface area contributed by atoms with Crippen LogP contribution in [0.25, 0.3) is 0 Å². The van der Waals surface area contributed by atoms with E-state index < -0.39 is 0 Å². The lowest BCUT2D eigenvalue weighted by Gasteiger charge is -2.39. The first-order valence-corrected chi connectivity index (χ1v) is 16.3. The summed E-state index contributed by atoms with van der Waals surface area (Å²) in [6.07, 6.45) is 15.6. The van der Waals surface area contributed by atoms with Crippen molar-refractivity contribution in [2.24, 2.45) is 46.8 Å². The van der Waals surface area contributed by atoms with Crippen LogP contribution in [0.4, 0.5) is 0 Å². The number of hydrogen-bond donors (Lipinski definition) is 0. The third kappa shape index (κ3) is 6.42. The molecule has 0 aromatic carbocycles. The van der Waals surface area contributed by atoms with Gasteiger partial charge >= 0.3 is 0 Å². The predicted octanol–water partition coefficient (Wildman–Crippen LogP) is 7.95. The minimum atomic E-state index is -0.105. The molecular weight excluding hydrogens is 472 g/mol. The van der Waals surface area contributed by atoms with Crippen LogP contribution in [0, 0.1) is 46.8 Å². The number of Topliss-reactive ketones (excluding diaryl/α,β-unsaturated/α-hetero) is 2. The number of carbonyl (C=O) groups excluding carboxylic acids is 2. The van der Waals surface area contributed by atoms with Crippen molar-refractivity contribution in [1.29, 1.82) is 0 Å². The van der Waals surface area contributed by atoms with Crippen LogP contribution in [0.3, 0.4) is 0 Å². The van der Waals surface area contributed by atoms with Crippen LogP contribution in [0.15, 0.2) is 0 Å². The van der Waals surface area contributed by atoms with Crippen LogP contribution in [0.1, 0.15) is 131 Å². The van der Waals surface area contributed by atoms with E-state index in [4.69, 9.17) is 9.47 Å². The SMILES string of the molecule is CC(C)(C)OC1CCC(C(=O)C2CCC3C(C2)OC2CC(C(=O)C4CCC(C(C)(C)C)CC4)CCC23)CC1. The van der Waals surface area contributed by atoms with Gasteiger partial charge in [0.2, 0.25) is 0 Å². The van der Waals surface area contributed by atoms with E-state index in [0.717, 1.165) is 83.0 Å². The van der Waals surface area contributed by atoms with Crippen molar-refractivity contribution in [3.8, 4) is 0 Å². The maximum Gasteiger partial charge on any atom is 0.139 e. The fraction of sp³-hybridized carbons (Fsp3) is 0.941. The molecule has 0 spiro atoms. The molecule has 4 aliphatic carbocycles. The minimum absolute atomic E-state index is 0.105. The van der Waals surface area contributed by atoms with Gasteiger partial charge < -0.3 is 9.47 Å². The van der Waals surface area contributed by atoms with Gasteiger partial charge in [0, 0.05) is 23.7 Å². The molecule has 216 valence electrons. The predicted molar refractivity (Wildman–Crippen MR) is 152 cm³/mol. The molecule has 0 aromatic heterocycles. The third-order valence-corrected chi connectivity index (χ3v) is 11.3. The molecule has 0 N–H and O–H groups in total. The molecular formula is C34H56O4. The number of carbonyl (C=O) groups is 2. The van der Waals surface area contributed by atoms with Crippen molar-refractivity contribution in [3.05, 3.63) is 0 Å². The molecule has 6 unspecified atom stereocenters. The van der Waals surface area contributed by atoms with Crippen LogP contribution in [-0.2, 0) is 19.1 Å². The summed E-state index contributed by atoms with van der Waals surface area (Å²) in [4.78, 5) is 27.0. The van der Waals surface area contributed by atoms with Crippen molar-refractivity contribution in [1.82, 2.24) is 0 Å². The second-order valence-electron chi connectivity index (χ2n) is 16.0. The van der Waals surface area contributed by atoms with Crippen molar-refractivity contribution in [2.45, 2.75) is 155 Å². The molecule has 1 aliphatic heterocycles. The van der Waals surface area contributed by atoms with Gasteiger partial charge in [-0.2, -0.15) is 0 Å². The van der Waals surface area contributed by atoms with Gasteiger partial charge in [-0.1, -0.05) is 20.8 Å². The van der Waals surface area contributed by atoms with Crippen LogP contribution in [0.2, 0.25) is 0 Å². The maximum atomic E-state index is 13.5. The first kappa shape index (κ1) is 28.8. The van der Waals surface area contributed by atoms with Gasteiger partial charge in [0.15, 0.2) is 0 Å². The Morgan fingerprint density at radius 3 is 1.42 bits per heavy atom. The Bertz CT molecular complexity index is 834. The zero-order valence-electron chi connectivity index (χ0n) is 25.3. The summed E-state index contributed by atoms with van der Waals surface area (Å²) >= 11 is 0. The molecule has 5 rings (SSSR count). The van der Waals surface area contributed by atoms with Crippen molar-refractivity contribution >= 4 is 11.6 Å². The third-order valence-electron chi connectivity index (χ3n) is 11.3. The maximum absolute atomic E-state index is 13.5. The monoisotopic (exact) mass is 528 g/mol.